The Labute approximate surface area is 110 Å². The average molecular weight is 264 g/mol. The van der Waals surface area contributed by atoms with Crippen LogP contribution in [0.1, 0.15) is 27.3 Å². The molecule has 0 saturated heterocycles. The van der Waals surface area contributed by atoms with Gasteiger partial charge in [0.15, 0.2) is 0 Å². The highest BCUT2D eigenvalue weighted by atomic mass is 32.1. The number of aryl methyl sites for hydroxylation is 2. The van der Waals surface area contributed by atoms with Gasteiger partial charge in [0.2, 0.25) is 5.88 Å². The van der Waals surface area contributed by atoms with Crippen LogP contribution in [0.4, 0.5) is 0 Å². The van der Waals surface area contributed by atoms with E-state index in [1.54, 1.807) is 24.5 Å². The Morgan fingerprint density at radius 2 is 2.17 bits per heavy atom. The van der Waals surface area contributed by atoms with Crippen molar-refractivity contribution in [1.82, 2.24) is 15.0 Å². The third-order valence-electron chi connectivity index (χ3n) is 2.72. The number of nitrogens with two attached hydrogens (primary N) is 1. The van der Waals surface area contributed by atoms with Crippen LogP contribution in [0.3, 0.4) is 0 Å². The Morgan fingerprint density at radius 3 is 2.78 bits per heavy atom. The van der Waals surface area contributed by atoms with Gasteiger partial charge in [-0.1, -0.05) is 0 Å². The van der Waals surface area contributed by atoms with E-state index in [1.807, 2.05) is 6.92 Å². The highest BCUT2D eigenvalue weighted by Crippen LogP contribution is 2.22. The molecule has 0 aliphatic carbocycles. The average Bonchev–Trinajstić information content (AvgIpc) is 2.68. The van der Waals surface area contributed by atoms with E-state index in [-0.39, 0.29) is 6.04 Å². The molecule has 0 saturated carbocycles. The van der Waals surface area contributed by atoms with Crippen molar-refractivity contribution in [1.29, 1.82) is 0 Å². The molecule has 0 aliphatic heterocycles. The van der Waals surface area contributed by atoms with Gasteiger partial charge in [-0.2, -0.15) is 0 Å². The molecule has 0 radical (unpaired) electrons. The second kappa shape index (κ2) is 5.41. The zero-order valence-corrected chi connectivity index (χ0v) is 11.5. The zero-order chi connectivity index (χ0) is 13.1. The highest BCUT2D eigenvalue weighted by Gasteiger charge is 2.13. The normalized spacial score (nSPS) is 12.4. The van der Waals surface area contributed by atoms with Gasteiger partial charge in [-0.25, -0.2) is 15.0 Å². The maximum Gasteiger partial charge on any atom is 0.216 e. The number of hydrogen-bond donors (Lipinski definition) is 1. The van der Waals surface area contributed by atoms with E-state index in [9.17, 15) is 0 Å². The minimum atomic E-state index is -0.188. The van der Waals surface area contributed by atoms with Crippen molar-refractivity contribution in [3.8, 4) is 5.88 Å². The van der Waals surface area contributed by atoms with Gasteiger partial charge in [-0.3, -0.25) is 0 Å². The quantitative estimate of drug-likeness (QED) is 0.911. The van der Waals surface area contributed by atoms with Crippen molar-refractivity contribution in [2.24, 2.45) is 5.73 Å². The van der Waals surface area contributed by atoms with Gasteiger partial charge < -0.3 is 10.5 Å². The van der Waals surface area contributed by atoms with Gasteiger partial charge in [0.25, 0.3) is 0 Å². The Balaban J connectivity index is 2.13. The Morgan fingerprint density at radius 1 is 1.39 bits per heavy atom. The predicted octanol–water partition coefficient (Wildman–Crippen LogP) is 1.80. The number of thiazole rings is 1. The lowest BCUT2D eigenvalue weighted by molar-refractivity contribution is 0.395. The molecule has 2 rings (SSSR count). The first-order valence-electron chi connectivity index (χ1n) is 5.64. The number of hydrogen-bond acceptors (Lipinski definition) is 6. The molecule has 96 valence electrons. The van der Waals surface area contributed by atoms with Crippen LogP contribution < -0.4 is 10.5 Å². The standard InChI is InChI=1S/C12H16N4OS/c1-7-8(2)18-12(16-7)4-9(13)10-5-11(17-3)15-6-14-10/h5-6,9H,4,13H2,1-3H3. The van der Waals surface area contributed by atoms with E-state index in [0.29, 0.717) is 12.3 Å². The second-order valence-corrected chi connectivity index (χ2v) is 5.33. The molecule has 0 amide bonds. The number of rotatable bonds is 4. The van der Waals surface area contributed by atoms with E-state index in [1.165, 1.54) is 11.2 Å². The predicted molar refractivity (Wildman–Crippen MR) is 70.8 cm³/mol. The monoisotopic (exact) mass is 264 g/mol. The van der Waals surface area contributed by atoms with Crippen LogP contribution in [0.5, 0.6) is 5.88 Å². The minimum absolute atomic E-state index is 0.188. The van der Waals surface area contributed by atoms with Crippen LogP contribution in [0.2, 0.25) is 0 Å². The van der Waals surface area contributed by atoms with Gasteiger partial charge in [-0.15, -0.1) is 11.3 Å². The first kappa shape index (κ1) is 12.9. The Kier molecular flexibility index (Phi) is 3.88. The molecule has 2 aromatic rings. The SMILES string of the molecule is COc1cc(C(N)Cc2nc(C)c(C)s2)ncn1. The van der Waals surface area contributed by atoms with Gasteiger partial charge in [0, 0.05) is 17.4 Å². The summed E-state index contributed by atoms with van der Waals surface area (Å²) >= 11 is 1.68. The summed E-state index contributed by atoms with van der Waals surface area (Å²) in [7, 11) is 1.57. The molecule has 18 heavy (non-hydrogen) atoms. The lowest BCUT2D eigenvalue weighted by Crippen LogP contribution is -2.15. The topological polar surface area (TPSA) is 73.9 Å². The van der Waals surface area contributed by atoms with E-state index in [0.717, 1.165) is 16.4 Å². The molecule has 0 spiro atoms. The first-order chi connectivity index (χ1) is 8.60. The third kappa shape index (κ3) is 2.83. The summed E-state index contributed by atoms with van der Waals surface area (Å²) < 4.78 is 5.06. The molecule has 2 aromatic heterocycles. The van der Waals surface area contributed by atoms with Crippen LogP contribution in [0.25, 0.3) is 0 Å². The largest absolute Gasteiger partial charge is 0.481 e. The Hall–Kier alpha value is -1.53. The van der Waals surface area contributed by atoms with E-state index < -0.39 is 0 Å². The maximum absolute atomic E-state index is 6.13. The van der Waals surface area contributed by atoms with Gasteiger partial charge >= 0.3 is 0 Å². The summed E-state index contributed by atoms with van der Waals surface area (Å²) in [6.07, 6.45) is 2.14. The molecule has 0 bridgehead atoms. The van der Waals surface area contributed by atoms with Gasteiger partial charge in [0.05, 0.1) is 29.5 Å². The van der Waals surface area contributed by atoms with E-state index >= 15 is 0 Å². The molecule has 0 fully saturated rings. The van der Waals surface area contributed by atoms with Crippen molar-refractivity contribution in [3.63, 3.8) is 0 Å². The second-order valence-electron chi connectivity index (χ2n) is 4.05. The lowest BCUT2D eigenvalue weighted by Gasteiger charge is -2.09. The van der Waals surface area contributed by atoms with Crippen LogP contribution in [0.15, 0.2) is 12.4 Å². The molecule has 2 N–H and O–H groups in total. The van der Waals surface area contributed by atoms with Crippen molar-refractivity contribution < 1.29 is 4.74 Å². The van der Waals surface area contributed by atoms with Crippen LogP contribution in [-0.4, -0.2) is 22.1 Å². The molecule has 1 unspecified atom stereocenters. The molecular weight excluding hydrogens is 248 g/mol. The summed E-state index contributed by atoms with van der Waals surface area (Å²) in [5, 5.41) is 1.04. The van der Waals surface area contributed by atoms with E-state index in [2.05, 4.69) is 21.9 Å². The molecule has 6 heteroatoms. The summed E-state index contributed by atoms with van der Waals surface area (Å²) in [5.74, 6) is 0.530. The van der Waals surface area contributed by atoms with Gasteiger partial charge in [0.1, 0.15) is 6.33 Å². The van der Waals surface area contributed by atoms with Crippen molar-refractivity contribution in [2.45, 2.75) is 26.3 Å². The number of nitrogens with zero attached hydrogens (tertiary/aromatic N) is 3. The number of aromatic nitrogens is 3. The number of methoxy groups -OCH3 is 1. The highest BCUT2D eigenvalue weighted by molar-refractivity contribution is 7.11. The fourth-order valence-electron chi connectivity index (χ4n) is 1.59. The minimum Gasteiger partial charge on any atom is -0.481 e. The van der Waals surface area contributed by atoms with Crippen LogP contribution >= 0.6 is 11.3 Å². The van der Waals surface area contributed by atoms with E-state index in [4.69, 9.17) is 10.5 Å². The molecular formula is C12H16N4OS. The smallest absolute Gasteiger partial charge is 0.216 e. The van der Waals surface area contributed by atoms with Crippen molar-refractivity contribution in [2.75, 3.05) is 7.11 Å². The lowest BCUT2D eigenvalue weighted by atomic mass is 10.1. The summed E-state index contributed by atoms with van der Waals surface area (Å²) in [6, 6.07) is 1.57. The molecule has 0 aromatic carbocycles. The first-order valence-corrected chi connectivity index (χ1v) is 6.46. The fraction of sp³-hybridized carbons (Fsp3) is 0.417. The zero-order valence-electron chi connectivity index (χ0n) is 10.7. The molecule has 0 aliphatic rings. The van der Waals surface area contributed by atoms with Gasteiger partial charge in [-0.05, 0) is 13.8 Å². The maximum atomic E-state index is 6.13. The van der Waals surface area contributed by atoms with Crippen LogP contribution in [-0.2, 0) is 6.42 Å². The molecule has 1 atom stereocenters. The number of ether oxygens (including phenoxy) is 1. The molecule has 2 heterocycles. The summed E-state index contributed by atoms with van der Waals surface area (Å²) in [6.45, 7) is 4.07. The van der Waals surface area contributed by atoms with Crippen LogP contribution in [0, 0.1) is 13.8 Å². The molecule has 5 nitrogen and oxygen atoms in total. The summed E-state index contributed by atoms with van der Waals surface area (Å²) in [4.78, 5) is 13.9. The Bertz CT molecular complexity index is 521. The summed E-state index contributed by atoms with van der Waals surface area (Å²) in [5.41, 5.74) is 7.97. The van der Waals surface area contributed by atoms with Crippen molar-refractivity contribution in [3.05, 3.63) is 33.7 Å². The van der Waals surface area contributed by atoms with Crippen molar-refractivity contribution >= 4 is 11.3 Å². The fourth-order valence-corrected chi connectivity index (χ4v) is 2.58. The third-order valence-corrected chi connectivity index (χ3v) is 3.81.